The van der Waals surface area contributed by atoms with Gasteiger partial charge in [-0.3, -0.25) is 10.1 Å². The molecule has 1 fully saturated rings. The van der Waals surface area contributed by atoms with E-state index in [2.05, 4.69) is 20.8 Å². The van der Waals surface area contributed by atoms with Crippen LogP contribution in [0.3, 0.4) is 0 Å². The Labute approximate surface area is 97.5 Å². The Kier molecular flexibility index (Phi) is 3.79. The van der Waals surface area contributed by atoms with Crippen LogP contribution in [0.5, 0.6) is 0 Å². The van der Waals surface area contributed by atoms with Gasteiger partial charge in [-0.2, -0.15) is 4.98 Å². The summed E-state index contributed by atoms with van der Waals surface area (Å²) in [6.07, 6.45) is 0.576. The van der Waals surface area contributed by atoms with Gasteiger partial charge in [-0.1, -0.05) is 5.16 Å². The molecule has 1 aliphatic heterocycles. The summed E-state index contributed by atoms with van der Waals surface area (Å²) in [6, 6.07) is -0.0607. The predicted octanol–water partition coefficient (Wildman–Crippen LogP) is -0.301. The van der Waals surface area contributed by atoms with Crippen LogP contribution in [0.25, 0.3) is 0 Å². The second kappa shape index (κ2) is 5.31. The summed E-state index contributed by atoms with van der Waals surface area (Å²) in [6.45, 7) is 2.30. The van der Waals surface area contributed by atoms with Gasteiger partial charge in [0.1, 0.15) is 0 Å². The summed E-state index contributed by atoms with van der Waals surface area (Å²) in [5.41, 5.74) is 0. The summed E-state index contributed by atoms with van der Waals surface area (Å²) in [5, 5.41) is 9.63. The summed E-state index contributed by atoms with van der Waals surface area (Å²) >= 11 is 1.73. The van der Waals surface area contributed by atoms with Crippen molar-refractivity contribution in [1.29, 1.82) is 0 Å². The van der Waals surface area contributed by atoms with Gasteiger partial charge in [-0.15, -0.1) is 11.8 Å². The van der Waals surface area contributed by atoms with Crippen LogP contribution in [0.1, 0.15) is 11.7 Å². The third-order valence-electron chi connectivity index (χ3n) is 2.24. The number of aryl methyl sites for hydroxylation is 1. The van der Waals surface area contributed by atoms with E-state index in [1.165, 1.54) is 0 Å². The summed E-state index contributed by atoms with van der Waals surface area (Å²) in [4.78, 5) is 15.6. The van der Waals surface area contributed by atoms with Gasteiger partial charge < -0.3 is 9.84 Å². The largest absolute Gasteiger partial charge is 0.354 e. The zero-order valence-corrected chi connectivity index (χ0v) is 9.84. The molecule has 0 saturated carbocycles. The van der Waals surface area contributed by atoms with Crippen molar-refractivity contribution >= 4 is 17.7 Å². The molecule has 1 aromatic heterocycles. The van der Waals surface area contributed by atoms with Crippen LogP contribution in [0.4, 0.5) is 0 Å². The molecule has 16 heavy (non-hydrogen) atoms. The topological polar surface area (TPSA) is 80.0 Å². The van der Waals surface area contributed by atoms with Crippen molar-refractivity contribution in [3.8, 4) is 0 Å². The Morgan fingerprint density at radius 2 is 2.62 bits per heavy atom. The van der Waals surface area contributed by atoms with E-state index in [1.807, 2.05) is 0 Å². The van der Waals surface area contributed by atoms with Crippen molar-refractivity contribution < 1.29 is 9.32 Å². The lowest BCUT2D eigenvalue weighted by Gasteiger charge is -2.08. The molecular formula is C9H14N4O2S. The Bertz CT molecular complexity index is 362. The van der Waals surface area contributed by atoms with Gasteiger partial charge >= 0.3 is 0 Å². The van der Waals surface area contributed by atoms with Crippen molar-refractivity contribution in [3.05, 3.63) is 11.7 Å². The van der Waals surface area contributed by atoms with Crippen molar-refractivity contribution in [2.24, 2.45) is 0 Å². The maximum absolute atomic E-state index is 11.6. The fourth-order valence-corrected chi connectivity index (χ4v) is 2.36. The molecule has 0 aromatic carbocycles. The summed E-state index contributed by atoms with van der Waals surface area (Å²) in [5.74, 6) is 2.91. The smallest absolute Gasteiger partial charge is 0.238 e. The predicted molar refractivity (Wildman–Crippen MR) is 60.0 cm³/mol. The standard InChI is InChI=1S/C9H14N4O2S/c1-6-12-8(15-13-6)2-3-10-9(14)7-4-16-5-11-7/h7,11H,2-5H2,1H3,(H,10,14). The molecule has 2 N–H and O–H groups in total. The van der Waals surface area contributed by atoms with E-state index in [0.29, 0.717) is 24.7 Å². The molecule has 0 bridgehead atoms. The molecule has 1 aliphatic rings. The number of aromatic nitrogens is 2. The van der Waals surface area contributed by atoms with E-state index in [-0.39, 0.29) is 11.9 Å². The number of carbonyl (C=O) groups excluding carboxylic acids is 1. The minimum Gasteiger partial charge on any atom is -0.354 e. The van der Waals surface area contributed by atoms with E-state index < -0.39 is 0 Å². The van der Waals surface area contributed by atoms with E-state index in [0.717, 1.165) is 11.6 Å². The number of hydrogen-bond donors (Lipinski definition) is 2. The third kappa shape index (κ3) is 2.96. The van der Waals surface area contributed by atoms with E-state index in [1.54, 1.807) is 18.7 Å². The first kappa shape index (κ1) is 11.4. The van der Waals surface area contributed by atoms with Crippen LogP contribution in [0.2, 0.25) is 0 Å². The number of nitrogens with zero attached hydrogens (tertiary/aromatic N) is 2. The Morgan fingerprint density at radius 1 is 1.75 bits per heavy atom. The minimum absolute atomic E-state index is 0.0428. The first-order valence-corrected chi connectivity index (χ1v) is 6.29. The van der Waals surface area contributed by atoms with Crippen molar-refractivity contribution in [1.82, 2.24) is 20.8 Å². The van der Waals surface area contributed by atoms with Gasteiger partial charge in [-0.25, -0.2) is 0 Å². The maximum atomic E-state index is 11.6. The lowest BCUT2D eigenvalue weighted by Crippen LogP contribution is -2.42. The van der Waals surface area contributed by atoms with Gasteiger partial charge in [0.25, 0.3) is 0 Å². The molecule has 0 aliphatic carbocycles. The fraction of sp³-hybridized carbons (Fsp3) is 0.667. The normalized spacial score (nSPS) is 19.9. The minimum atomic E-state index is -0.0607. The van der Waals surface area contributed by atoms with Crippen molar-refractivity contribution in [2.45, 2.75) is 19.4 Å². The zero-order valence-electron chi connectivity index (χ0n) is 9.02. The number of carbonyl (C=O) groups is 1. The second-order valence-corrected chi connectivity index (χ2v) is 4.58. The highest BCUT2D eigenvalue weighted by Gasteiger charge is 2.21. The Balaban J connectivity index is 1.69. The highest BCUT2D eigenvalue weighted by Crippen LogP contribution is 2.09. The molecule has 2 rings (SSSR count). The molecule has 1 saturated heterocycles. The molecule has 1 atom stereocenters. The number of amides is 1. The molecule has 88 valence electrons. The number of thioether (sulfide) groups is 1. The second-order valence-electron chi connectivity index (χ2n) is 3.55. The quantitative estimate of drug-likeness (QED) is 0.754. The molecular weight excluding hydrogens is 228 g/mol. The van der Waals surface area contributed by atoms with E-state index in [4.69, 9.17) is 4.52 Å². The molecule has 1 amide bonds. The van der Waals surface area contributed by atoms with Gasteiger partial charge in [0.15, 0.2) is 5.82 Å². The van der Waals surface area contributed by atoms with Gasteiger partial charge in [0, 0.05) is 24.6 Å². The molecule has 6 nitrogen and oxygen atoms in total. The third-order valence-corrected chi connectivity index (χ3v) is 3.18. The molecule has 0 radical (unpaired) electrons. The highest BCUT2D eigenvalue weighted by atomic mass is 32.2. The molecule has 1 aromatic rings. The number of hydrogen-bond acceptors (Lipinski definition) is 6. The van der Waals surface area contributed by atoms with Gasteiger partial charge in [0.2, 0.25) is 11.8 Å². The monoisotopic (exact) mass is 242 g/mol. The molecule has 7 heteroatoms. The zero-order chi connectivity index (χ0) is 11.4. The number of nitrogens with one attached hydrogen (secondary N) is 2. The van der Waals surface area contributed by atoms with Gasteiger partial charge in [0.05, 0.1) is 6.04 Å². The van der Waals surface area contributed by atoms with Crippen LogP contribution >= 0.6 is 11.8 Å². The maximum Gasteiger partial charge on any atom is 0.238 e. The SMILES string of the molecule is Cc1noc(CCNC(=O)C2CSCN2)n1. The molecule has 1 unspecified atom stereocenters. The average Bonchev–Trinajstić information content (AvgIpc) is 2.89. The van der Waals surface area contributed by atoms with Crippen molar-refractivity contribution in [3.63, 3.8) is 0 Å². The van der Waals surface area contributed by atoms with Crippen LogP contribution in [-0.2, 0) is 11.2 Å². The fourth-order valence-electron chi connectivity index (χ4n) is 1.42. The molecule has 2 heterocycles. The van der Waals surface area contributed by atoms with Crippen LogP contribution in [0, 0.1) is 6.92 Å². The Morgan fingerprint density at radius 3 is 3.25 bits per heavy atom. The van der Waals surface area contributed by atoms with E-state index in [9.17, 15) is 4.79 Å². The van der Waals surface area contributed by atoms with Crippen LogP contribution in [-0.4, -0.2) is 40.3 Å². The van der Waals surface area contributed by atoms with E-state index >= 15 is 0 Å². The summed E-state index contributed by atoms with van der Waals surface area (Å²) < 4.78 is 4.94. The summed E-state index contributed by atoms with van der Waals surface area (Å²) in [7, 11) is 0. The average molecular weight is 242 g/mol. The lowest BCUT2D eigenvalue weighted by molar-refractivity contribution is -0.122. The van der Waals surface area contributed by atoms with Crippen LogP contribution in [0.15, 0.2) is 4.52 Å². The first-order chi connectivity index (χ1) is 7.75. The first-order valence-electron chi connectivity index (χ1n) is 5.14. The van der Waals surface area contributed by atoms with Crippen LogP contribution < -0.4 is 10.6 Å². The highest BCUT2D eigenvalue weighted by molar-refractivity contribution is 7.99. The lowest BCUT2D eigenvalue weighted by atomic mass is 10.3. The Hall–Kier alpha value is -1.08. The van der Waals surface area contributed by atoms with Gasteiger partial charge in [-0.05, 0) is 6.92 Å². The molecule has 0 spiro atoms. The number of rotatable bonds is 4. The van der Waals surface area contributed by atoms with Crippen molar-refractivity contribution in [2.75, 3.05) is 18.2 Å².